The van der Waals surface area contributed by atoms with Gasteiger partial charge < -0.3 is 29.5 Å². The molecule has 1 atom stereocenters. The Balaban J connectivity index is 1.71. The molecule has 2 N–H and O–H groups in total. The van der Waals surface area contributed by atoms with Crippen LogP contribution in [0.2, 0.25) is 0 Å². The van der Waals surface area contributed by atoms with Crippen LogP contribution in [0, 0.1) is 12.7 Å². The fourth-order valence-electron chi connectivity index (χ4n) is 5.21. The highest BCUT2D eigenvalue weighted by Crippen LogP contribution is 2.37. The van der Waals surface area contributed by atoms with E-state index in [2.05, 4.69) is 40.4 Å². The number of nitrogens with zero attached hydrogens (tertiary/aromatic N) is 4. The van der Waals surface area contributed by atoms with E-state index in [1.54, 1.807) is 45.9 Å². The highest BCUT2D eigenvalue weighted by Gasteiger charge is 2.37. The van der Waals surface area contributed by atoms with Gasteiger partial charge in [-0.3, -0.25) is 4.79 Å². The molecular formula is C33H42FN5O6. The first-order valence-electron chi connectivity index (χ1n) is 14.9. The lowest BCUT2D eigenvalue weighted by molar-refractivity contribution is -0.160. The van der Waals surface area contributed by atoms with Crippen molar-refractivity contribution in [2.24, 2.45) is 0 Å². The van der Waals surface area contributed by atoms with Gasteiger partial charge in [0.25, 0.3) is 5.91 Å². The molecule has 242 valence electrons. The van der Waals surface area contributed by atoms with E-state index in [4.69, 9.17) is 14.2 Å². The Bertz CT molecular complexity index is 1570. The molecule has 0 aliphatic carbocycles. The minimum atomic E-state index is -1.33. The number of carboxylic acids is 1. The van der Waals surface area contributed by atoms with Gasteiger partial charge >= 0.3 is 5.97 Å². The summed E-state index contributed by atoms with van der Waals surface area (Å²) in [4.78, 5) is 32.6. The first-order valence-corrected chi connectivity index (χ1v) is 14.9. The largest absolute Gasteiger partial charge is 0.486 e. The van der Waals surface area contributed by atoms with Crippen molar-refractivity contribution in [2.75, 3.05) is 31.2 Å². The zero-order chi connectivity index (χ0) is 32.9. The molecule has 12 heteroatoms. The van der Waals surface area contributed by atoms with E-state index in [-0.39, 0.29) is 30.2 Å². The Morgan fingerprint density at radius 3 is 2.49 bits per heavy atom. The molecule has 1 saturated heterocycles. The number of amides is 1. The van der Waals surface area contributed by atoms with Crippen LogP contribution in [0.1, 0.15) is 73.9 Å². The molecule has 0 saturated carbocycles. The van der Waals surface area contributed by atoms with E-state index in [0.717, 1.165) is 0 Å². The van der Waals surface area contributed by atoms with Gasteiger partial charge in [0.15, 0.2) is 29.0 Å². The van der Waals surface area contributed by atoms with Crippen molar-refractivity contribution in [1.82, 2.24) is 19.9 Å². The number of carboxylic acid groups (broad SMARTS) is 1. The molecule has 11 nitrogen and oxygen atoms in total. The van der Waals surface area contributed by atoms with Crippen molar-refractivity contribution in [3.8, 4) is 5.75 Å². The van der Waals surface area contributed by atoms with Gasteiger partial charge in [-0.1, -0.05) is 24.8 Å². The minimum absolute atomic E-state index is 0.0595. The molecule has 0 bridgehead atoms. The van der Waals surface area contributed by atoms with Crippen molar-refractivity contribution in [3.63, 3.8) is 0 Å². The van der Waals surface area contributed by atoms with Crippen LogP contribution in [-0.2, 0) is 20.8 Å². The molecule has 0 radical (unpaired) electrons. The molecule has 4 rings (SSSR count). The van der Waals surface area contributed by atoms with Gasteiger partial charge in [0.2, 0.25) is 0 Å². The van der Waals surface area contributed by atoms with E-state index >= 15 is 0 Å². The van der Waals surface area contributed by atoms with Gasteiger partial charge in [-0.05, 0) is 65.2 Å². The maximum atomic E-state index is 14.1. The lowest BCUT2D eigenvalue weighted by Crippen LogP contribution is -2.45. The van der Waals surface area contributed by atoms with Gasteiger partial charge in [-0.15, -0.1) is 6.58 Å². The van der Waals surface area contributed by atoms with Crippen LogP contribution in [0.25, 0.3) is 5.65 Å². The third kappa shape index (κ3) is 8.06. The Labute approximate surface area is 262 Å². The Morgan fingerprint density at radius 2 is 1.87 bits per heavy atom. The molecule has 2 aromatic heterocycles. The smallest absolute Gasteiger partial charge is 0.337 e. The van der Waals surface area contributed by atoms with Crippen LogP contribution in [-0.4, -0.2) is 69.1 Å². The number of carbonyl (C=O) groups excluding carboxylic acids is 1. The average Bonchev–Trinajstić information content (AvgIpc) is 3.41. The predicted molar refractivity (Wildman–Crippen MR) is 168 cm³/mol. The molecule has 45 heavy (non-hydrogen) atoms. The number of hydrogen-bond donors (Lipinski definition) is 2. The van der Waals surface area contributed by atoms with Crippen LogP contribution in [0.3, 0.4) is 0 Å². The first kappa shape index (κ1) is 33.6. The van der Waals surface area contributed by atoms with E-state index in [1.807, 2.05) is 0 Å². The number of anilines is 1. The van der Waals surface area contributed by atoms with Crippen molar-refractivity contribution in [2.45, 2.75) is 71.3 Å². The molecule has 1 aliphatic rings. The standard InChI is InChI=1S/C33H42FN5O6/c1-8-16-43-25-18-22(10-11-23(25)34)20-35-29(40)24-19-26-36-21(3)27(28(31(41)42)45-32(4,5)6)30(39(26)37-24)38-14-12-33(7,13-15-38)44-17-9-2/h8-11,18-19,28H,1-2,12-17,20H2,3-7H3,(H,35,40)(H,41,42). The number of aryl methyl sites for hydroxylation is 1. The van der Waals surface area contributed by atoms with E-state index in [0.29, 0.717) is 60.8 Å². The summed E-state index contributed by atoms with van der Waals surface area (Å²) in [6.07, 6.45) is 3.24. The number of aliphatic carboxylic acids is 1. The average molecular weight is 624 g/mol. The van der Waals surface area contributed by atoms with Crippen molar-refractivity contribution in [3.05, 3.63) is 77.9 Å². The maximum absolute atomic E-state index is 14.1. The molecule has 3 heterocycles. The number of ether oxygens (including phenoxy) is 3. The maximum Gasteiger partial charge on any atom is 0.337 e. The molecule has 1 unspecified atom stereocenters. The summed E-state index contributed by atoms with van der Waals surface area (Å²) in [5.41, 5.74) is 0.784. The van der Waals surface area contributed by atoms with E-state index < -0.39 is 29.4 Å². The van der Waals surface area contributed by atoms with Gasteiger partial charge in [0.05, 0.1) is 23.4 Å². The molecule has 1 aromatic carbocycles. The number of rotatable bonds is 13. The van der Waals surface area contributed by atoms with E-state index in [9.17, 15) is 19.1 Å². The number of piperidine rings is 1. The number of nitrogens with one attached hydrogen (secondary N) is 1. The predicted octanol–water partition coefficient (Wildman–Crippen LogP) is 5.17. The monoisotopic (exact) mass is 623 g/mol. The van der Waals surface area contributed by atoms with Crippen LogP contribution in [0.5, 0.6) is 5.75 Å². The van der Waals surface area contributed by atoms with Crippen molar-refractivity contribution < 1.29 is 33.3 Å². The number of halogens is 1. The second-order valence-corrected chi connectivity index (χ2v) is 12.3. The number of fused-ring (bicyclic) bond motifs is 1. The van der Waals surface area contributed by atoms with Crippen molar-refractivity contribution >= 4 is 23.3 Å². The topological polar surface area (TPSA) is 128 Å². The van der Waals surface area contributed by atoms with Crippen LogP contribution < -0.4 is 15.0 Å². The summed E-state index contributed by atoms with van der Waals surface area (Å²) in [7, 11) is 0. The lowest BCUT2D eigenvalue weighted by atomic mass is 9.92. The summed E-state index contributed by atoms with van der Waals surface area (Å²) in [5.74, 6) is -1.59. The third-order valence-corrected chi connectivity index (χ3v) is 7.47. The molecule has 1 fully saturated rings. The van der Waals surface area contributed by atoms with Crippen LogP contribution in [0.4, 0.5) is 10.2 Å². The summed E-state index contributed by atoms with van der Waals surface area (Å²) < 4.78 is 33.1. The highest BCUT2D eigenvalue weighted by molar-refractivity contribution is 5.93. The minimum Gasteiger partial charge on any atom is -0.486 e. The van der Waals surface area contributed by atoms with Gasteiger partial charge in [-0.2, -0.15) is 9.61 Å². The number of carbonyl (C=O) groups is 2. The Hall–Kier alpha value is -4.29. The summed E-state index contributed by atoms with van der Waals surface area (Å²) in [6.45, 7) is 18.2. The molecule has 1 amide bonds. The SMILES string of the molecule is C=CCOc1cc(CNC(=O)c2cc3nc(C)c(C(OC(C)(C)C)C(=O)O)c(N4CCC(C)(OCC=C)CC4)n3n2)ccc1F. The quantitative estimate of drug-likeness (QED) is 0.248. The van der Waals surface area contributed by atoms with Crippen LogP contribution in [0.15, 0.2) is 49.6 Å². The zero-order valence-electron chi connectivity index (χ0n) is 26.6. The lowest BCUT2D eigenvalue weighted by Gasteiger charge is -2.41. The Morgan fingerprint density at radius 1 is 1.18 bits per heavy atom. The summed E-state index contributed by atoms with van der Waals surface area (Å²) >= 11 is 0. The molecular weight excluding hydrogens is 581 g/mol. The number of aromatic nitrogens is 3. The zero-order valence-corrected chi connectivity index (χ0v) is 26.6. The van der Waals surface area contributed by atoms with Gasteiger partial charge in [-0.25, -0.2) is 14.2 Å². The highest BCUT2D eigenvalue weighted by atomic mass is 19.1. The van der Waals surface area contributed by atoms with E-state index in [1.165, 1.54) is 22.7 Å². The fourth-order valence-corrected chi connectivity index (χ4v) is 5.21. The van der Waals surface area contributed by atoms with Gasteiger partial charge in [0.1, 0.15) is 12.4 Å². The fraction of sp³-hybridized carbons (Fsp3) is 0.455. The number of benzene rings is 1. The number of hydrogen-bond acceptors (Lipinski definition) is 8. The molecule has 1 aliphatic heterocycles. The van der Waals surface area contributed by atoms with Crippen LogP contribution >= 0.6 is 0 Å². The Kier molecular flexibility index (Phi) is 10.3. The first-order chi connectivity index (χ1) is 21.2. The second kappa shape index (κ2) is 13.8. The van der Waals surface area contributed by atoms with Gasteiger partial charge in [0, 0.05) is 31.4 Å². The summed E-state index contributed by atoms with van der Waals surface area (Å²) in [5, 5.41) is 17.7. The summed E-state index contributed by atoms with van der Waals surface area (Å²) in [6, 6.07) is 5.90. The molecule has 3 aromatic rings. The van der Waals surface area contributed by atoms with Crippen molar-refractivity contribution in [1.29, 1.82) is 0 Å². The molecule has 0 spiro atoms. The third-order valence-electron chi connectivity index (χ3n) is 7.47. The second-order valence-electron chi connectivity index (χ2n) is 12.3. The normalized spacial score (nSPS) is 15.5.